The van der Waals surface area contributed by atoms with Crippen molar-refractivity contribution >= 4 is 17.2 Å². The van der Waals surface area contributed by atoms with E-state index in [1.807, 2.05) is 24.4 Å². The molecule has 0 spiro atoms. The number of carbonyl (C=O) groups is 1. The number of aryl methyl sites for hydroxylation is 1. The third-order valence-corrected chi connectivity index (χ3v) is 6.26. The monoisotopic (exact) mass is 326 g/mol. The van der Waals surface area contributed by atoms with E-state index in [2.05, 4.69) is 28.9 Å². The van der Waals surface area contributed by atoms with Crippen LogP contribution in [-0.4, -0.2) is 28.9 Å². The van der Waals surface area contributed by atoms with E-state index in [0.717, 1.165) is 38.8 Å². The summed E-state index contributed by atoms with van der Waals surface area (Å²) in [6.45, 7) is 3.83. The first-order chi connectivity index (χ1) is 11.2. The second-order valence-corrected chi connectivity index (χ2v) is 8.11. The Balaban J connectivity index is 1.53. The molecule has 1 amide bonds. The molecule has 23 heavy (non-hydrogen) atoms. The van der Waals surface area contributed by atoms with Crippen LogP contribution in [0.4, 0.5) is 0 Å². The Kier molecular flexibility index (Phi) is 3.72. The topological polar surface area (TPSA) is 33.2 Å². The average molecular weight is 326 g/mol. The smallest absolute Gasteiger partial charge is 0.233 e. The maximum absolute atomic E-state index is 13.2. The molecule has 2 fully saturated rings. The highest BCUT2D eigenvalue weighted by molar-refractivity contribution is 7.11. The maximum Gasteiger partial charge on any atom is 0.233 e. The van der Waals surface area contributed by atoms with Crippen molar-refractivity contribution in [2.24, 2.45) is 0 Å². The Morgan fingerprint density at radius 2 is 2.09 bits per heavy atom. The van der Waals surface area contributed by atoms with Gasteiger partial charge in [-0.05, 0) is 38.2 Å². The molecule has 2 aromatic rings. The zero-order chi connectivity index (χ0) is 15.9. The van der Waals surface area contributed by atoms with Gasteiger partial charge >= 0.3 is 0 Å². The van der Waals surface area contributed by atoms with Gasteiger partial charge in [-0.1, -0.05) is 30.3 Å². The van der Waals surface area contributed by atoms with E-state index in [9.17, 15) is 4.79 Å². The average Bonchev–Trinajstić information content (AvgIpc) is 3.30. The molecule has 3 nitrogen and oxygen atoms in total. The minimum absolute atomic E-state index is 0.234. The van der Waals surface area contributed by atoms with Gasteiger partial charge in [0.2, 0.25) is 5.91 Å². The predicted octanol–water partition coefficient (Wildman–Crippen LogP) is 3.89. The molecule has 120 valence electrons. The second-order valence-electron chi connectivity index (χ2n) is 6.85. The number of hydrogen-bond donors (Lipinski definition) is 0. The molecule has 1 aliphatic heterocycles. The molecule has 1 saturated heterocycles. The standard InChI is InChI=1S/C19H22N2OS/c1-14-12-20-17(23-14)15-6-5-11-21(13-15)18(22)19(9-10-19)16-7-3-2-4-8-16/h2-4,7-8,12,15H,5-6,9-11,13H2,1H3/t15-/m1/s1. The number of hydrogen-bond acceptors (Lipinski definition) is 3. The van der Waals surface area contributed by atoms with Gasteiger partial charge in [0.1, 0.15) is 0 Å². The molecule has 1 saturated carbocycles. The lowest BCUT2D eigenvalue weighted by Gasteiger charge is -2.34. The van der Waals surface area contributed by atoms with Gasteiger partial charge in [-0.15, -0.1) is 11.3 Å². The lowest BCUT2D eigenvalue weighted by Crippen LogP contribution is -2.44. The summed E-state index contributed by atoms with van der Waals surface area (Å²) in [5.41, 5.74) is 0.958. The zero-order valence-corrected chi connectivity index (χ0v) is 14.3. The summed E-state index contributed by atoms with van der Waals surface area (Å²) in [5, 5.41) is 1.20. The van der Waals surface area contributed by atoms with E-state index in [1.54, 1.807) is 11.3 Å². The Morgan fingerprint density at radius 3 is 2.74 bits per heavy atom. The van der Waals surface area contributed by atoms with Gasteiger partial charge in [0.05, 0.1) is 10.4 Å². The molecule has 4 heteroatoms. The van der Waals surface area contributed by atoms with Crippen LogP contribution in [-0.2, 0) is 10.2 Å². The molecule has 0 radical (unpaired) electrons. The first kappa shape index (κ1) is 14.9. The van der Waals surface area contributed by atoms with Gasteiger partial charge < -0.3 is 4.90 Å². The summed E-state index contributed by atoms with van der Waals surface area (Å²) in [4.78, 5) is 21.1. The Labute approximate surface area is 141 Å². The zero-order valence-electron chi connectivity index (χ0n) is 13.5. The van der Waals surface area contributed by atoms with E-state index in [0.29, 0.717) is 11.8 Å². The summed E-state index contributed by atoms with van der Waals surface area (Å²) in [7, 11) is 0. The van der Waals surface area contributed by atoms with E-state index >= 15 is 0 Å². The van der Waals surface area contributed by atoms with Crippen molar-refractivity contribution in [3.63, 3.8) is 0 Å². The molecular formula is C19H22N2OS. The molecule has 2 heterocycles. The van der Waals surface area contributed by atoms with Gasteiger partial charge in [-0.2, -0.15) is 0 Å². The number of aromatic nitrogens is 1. The lowest BCUT2D eigenvalue weighted by molar-refractivity contribution is -0.135. The Morgan fingerprint density at radius 1 is 1.30 bits per heavy atom. The molecule has 0 N–H and O–H groups in total. The predicted molar refractivity (Wildman–Crippen MR) is 92.8 cm³/mol. The van der Waals surface area contributed by atoms with Crippen LogP contribution < -0.4 is 0 Å². The molecule has 1 aromatic heterocycles. The molecule has 2 aliphatic rings. The molecule has 4 rings (SSSR count). The van der Waals surface area contributed by atoms with Crippen molar-refractivity contribution in [2.75, 3.05) is 13.1 Å². The van der Waals surface area contributed by atoms with Crippen LogP contribution in [0, 0.1) is 6.92 Å². The summed E-state index contributed by atoms with van der Waals surface area (Å²) in [6, 6.07) is 10.3. The van der Waals surface area contributed by atoms with Gasteiger partial charge in [0.15, 0.2) is 0 Å². The van der Waals surface area contributed by atoms with Crippen LogP contribution in [0.3, 0.4) is 0 Å². The van der Waals surface area contributed by atoms with Crippen molar-refractivity contribution in [1.82, 2.24) is 9.88 Å². The van der Waals surface area contributed by atoms with E-state index in [1.165, 1.54) is 15.4 Å². The first-order valence-electron chi connectivity index (χ1n) is 8.46. The molecule has 0 bridgehead atoms. The highest BCUT2D eigenvalue weighted by Crippen LogP contribution is 2.50. The normalized spacial score (nSPS) is 22.8. The number of carbonyl (C=O) groups excluding carboxylic acids is 1. The molecule has 1 aliphatic carbocycles. The van der Waals surface area contributed by atoms with Gasteiger partial charge in [-0.3, -0.25) is 4.79 Å². The number of benzene rings is 1. The van der Waals surface area contributed by atoms with Crippen molar-refractivity contribution in [3.8, 4) is 0 Å². The van der Waals surface area contributed by atoms with Crippen molar-refractivity contribution in [2.45, 2.75) is 43.9 Å². The number of nitrogens with zero attached hydrogens (tertiary/aromatic N) is 2. The van der Waals surface area contributed by atoms with E-state index in [-0.39, 0.29) is 5.41 Å². The van der Waals surface area contributed by atoms with E-state index < -0.39 is 0 Å². The minimum atomic E-state index is -0.234. The number of amides is 1. The summed E-state index contributed by atoms with van der Waals surface area (Å²) >= 11 is 1.78. The van der Waals surface area contributed by atoms with Crippen LogP contribution in [0.5, 0.6) is 0 Å². The fraction of sp³-hybridized carbons (Fsp3) is 0.474. The van der Waals surface area contributed by atoms with E-state index in [4.69, 9.17) is 0 Å². The third-order valence-electron chi connectivity index (χ3n) is 5.18. The van der Waals surface area contributed by atoms with Gasteiger partial charge in [0, 0.05) is 30.1 Å². The van der Waals surface area contributed by atoms with Crippen LogP contribution in [0.2, 0.25) is 0 Å². The Hall–Kier alpha value is -1.68. The van der Waals surface area contributed by atoms with Crippen LogP contribution in [0.15, 0.2) is 36.5 Å². The first-order valence-corrected chi connectivity index (χ1v) is 9.28. The summed E-state index contributed by atoms with van der Waals surface area (Å²) < 4.78 is 0. The highest BCUT2D eigenvalue weighted by atomic mass is 32.1. The summed E-state index contributed by atoms with van der Waals surface area (Å²) in [5.74, 6) is 0.750. The summed E-state index contributed by atoms with van der Waals surface area (Å²) in [6.07, 6.45) is 6.17. The third kappa shape index (κ3) is 2.69. The SMILES string of the molecule is Cc1cnc([C@@H]2CCCN(C(=O)C3(c4ccccc4)CC3)C2)s1. The number of thiazole rings is 1. The molecular weight excluding hydrogens is 304 g/mol. The quantitative estimate of drug-likeness (QED) is 0.857. The number of rotatable bonds is 3. The Bertz CT molecular complexity index is 705. The van der Waals surface area contributed by atoms with Gasteiger partial charge in [0.25, 0.3) is 0 Å². The highest BCUT2D eigenvalue weighted by Gasteiger charge is 2.53. The van der Waals surface area contributed by atoms with Crippen LogP contribution >= 0.6 is 11.3 Å². The van der Waals surface area contributed by atoms with Gasteiger partial charge in [-0.25, -0.2) is 4.98 Å². The van der Waals surface area contributed by atoms with Crippen molar-refractivity contribution < 1.29 is 4.79 Å². The van der Waals surface area contributed by atoms with Crippen LogP contribution in [0.25, 0.3) is 0 Å². The largest absolute Gasteiger partial charge is 0.341 e. The second kappa shape index (κ2) is 5.75. The number of piperidine rings is 1. The lowest BCUT2D eigenvalue weighted by atomic mass is 9.91. The van der Waals surface area contributed by atoms with Crippen LogP contribution in [0.1, 0.15) is 47.0 Å². The minimum Gasteiger partial charge on any atom is -0.341 e. The molecule has 0 unspecified atom stereocenters. The maximum atomic E-state index is 13.2. The fourth-order valence-electron chi connectivity index (χ4n) is 3.73. The van der Waals surface area contributed by atoms with Crippen molar-refractivity contribution in [1.29, 1.82) is 0 Å². The fourth-order valence-corrected chi connectivity index (χ4v) is 4.63. The van der Waals surface area contributed by atoms with Crippen molar-refractivity contribution in [3.05, 3.63) is 52.0 Å². The number of likely N-dealkylation sites (tertiary alicyclic amines) is 1. The molecule has 1 atom stereocenters. The molecule has 1 aromatic carbocycles.